The number of ether oxygens (including phenoxy) is 4. The topological polar surface area (TPSA) is 77.4 Å². The fourth-order valence-corrected chi connectivity index (χ4v) is 4.05. The molecule has 0 amide bonds. The Morgan fingerprint density at radius 2 is 1.30 bits per heavy atom. The third kappa shape index (κ3) is 5.79. The van der Waals surface area contributed by atoms with Gasteiger partial charge in [-0.15, -0.1) is 19.7 Å². The molecule has 0 bridgehead atoms. The number of hydrogen-bond donors (Lipinski definition) is 2. The van der Waals surface area contributed by atoms with Crippen molar-refractivity contribution in [1.29, 1.82) is 0 Å². The van der Waals surface area contributed by atoms with Gasteiger partial charge in [-0.25, -0.2) is 0 Å². The molecule has 33 heavy (non-hydrogen) atoms. The first-order valence-corrected chi connectivity index (χ1v) is 11.1. The van der Waals surface area contributed by atoms with E-state index in [-0.39, 0.29) is 6.10 Å². The van der Waals surface area contributed by atoms with Gasteiger partial charge in [0.05, 0.1) is 12.7 Å². The Balaban J connectivity index is 0.00000149. The molecule has 7 unspecified atom stereocenters. The average molecular weight is 455 g/mol. The molecule has 2 aliphatic rings. The Kier molecular flexibility index (Phi) is 8.97. The Hall–Kier alpha value is -2.32. The molecule has 2 saturated heterocycles. The standard InChI is InChI=1S/C25H30O6.C2H4/c1-4-5-20-22-23(31-24(28-20)17-10-6-15(2)7-11-17)21(19(27)14-26)29-25(30-22)18-12-8-16(3)9-13-18;1-2/h4,6-13,19-27H,1,5,14H2,2-3H3;1-2H2. The van der Waals surface area contributed by atoms with Crippen molar-refractivity contribution >= 4 is 0 Å². The van der Waals surface area contributed by atoms with E-state index in [1.165, 1.54) is 0 Å². The summed E-state index contributed by atoms with van der Waals surface area (Å²) in [6.07, 6.45) is -2.35. The molecule has 0 saturated carbocycles. The van der Waals surface area contributed by atoms with Crippen LogP contribution in [-0.4, -0.2) is 47.3 Å². The molecule has 2 fully saturated rings. The number of fused-ring (bicyclic) bond motifs is 1. The molecule has 2 aromatic carbocycles. The van der Waals surface area contributed by atoms with Crippen LogP contribution >= 0.6 is 0 Å². The lowest BCUT2D eigenvalue weighted by Crippen LogP contribution is -2.61. The van der Waals surface area contributed by atoms with Crippen LogP contribution in [0.25, 0.3) is 0 Å². The summed E-state index contributed by atoms with van der Waals surface area (Å²) in [5.74, 6) is 0. The predicted molar refractivity (Wildman–Crippen MR) is 126 cm³/mol. The maximum Gasteiger partial charge on any atom is 0.184 e. The molecule has 178 valence electrons. The van der Waals surface area contributed by atoms with E-state index < -0.39 is 43.6 Å². The van der Waals surface area contributed by atoms with Crippen LogP contribution in [0.4, 0.5) is 0 Å². The summed E-state index contributed by atoms with van der Waals surface area (Å²) < 4.78 is 24.9. The molecular weight excluding hydrogens is 420 g/mol. The third-order valence-corrected chi connectivity index (χ3v) is 5.82. The minimum Gasteiger partial charge on any atom is -0.394 e. The highest BCUT2D eigenvalue weighted by atomic mass is 16.8. The van der Waals surface area contributed by atoms with Gasteiger partial charge in [-0.2, -0.15) is 0 Å². The van der Waals surface area contributed by atoms with Gasteiger partial charge in [-0.05, 0) is 20.3 Å². The number of aryl methyl sites for hydroxylation is 2. The second-order valence-electron chi connectivity index (χ2n) is 8.24. The summed E-state index contributed by atoms with van der Waals surface area (Å²) in [7, 11) is 0. The van der Waals surface area contributed by atoms with Gasteiger partial charge in [0.1, 0.15) is 24.4 Å². The Morgan fingerprint density at radius 3 is 1.79 bits per heavy atom. The molecule has 0 radical (unpaired) electrons. The first-order valence-electron chi connectivity index (χ1n) is 11.1. The average Bonchev–Trinajstić information content (AvgIpc) is 2.85. The molecule has 2 aliphatic heterocycles. The summed E-state index contributed by atoms with van der Waals surface area (Å²) in [6, 6.07) is 15.7. The van der Waals surface area contributed by atoms with Gasteiger partial charge in [0, 0.05) is 11.1 Å². The highest BCUT2D eigenvalue weighted by molar-refractivity contribution is 5.24. The Morgan fingerprint density at radius 1 is 0.818 bits per heavy atom. The molecule has 4 rings (SSSR count). The van der Waals surface area contributed by atoms with Crippen LogP contribution < -0.4 is 0 Å². The number of benzene rings is 2. The van der Waals surface area contributed by atoms with Crippen molar-refractivity contribution in [2.45, 2.75) is 63.4 Å². The summed E-state index contributed by atoms with van der Waals surface area (Å²) in [4.78, 5) is 0. The normalized spacial score (nSPS) is 29.8. The van der Waals surface area contributed by atoms with Crippen molar-refractivity contribution in [2.75, 3.05) is 6.61 Å². The molecule has 0 spiro atoms. The van der Waals surface area contributed by atoms with E-state index in [0.717, 1.165) is 22.3 Å². The van der Waals surface area contributed by atoms with E-state index in [1.807, 2.05) is 62.4 Å². The third-order valence-electron chi connectivity index (χ3n) is 5.82. The summed E-state index contributed by atoms with van der Waals surface area (Å²) in [5.41, 5.74) is 3.96. The molecule has 2 heterocycles. The lowest BCUT2D eigenvalue weighted by molar-refractivity contribution is -0.390. The van der Waals surface area contributed by atoms with Crippen molar-refractivity contribution < 1.29 is 29.2 Å². The van der Waals surface area contributed by atoms with Crippen LogP contribution in [0, 0.1) is 13.8 Å². The number of aliphatic hydroxyl groups is 2. The molecule has 6 nitrogen and oxygen atoms in total. The van der Waals surface area contributed by atoms with Crippen LogP contribution in [0.1, 0.15) is 41.3 Å². The predicted octanol–water partition coefficient (Wildman–Crippen LogP) is 4.30. The zero-order chi connectivity index (χ0) is 24.0. The highest BCUT2D eigenvalue weighted by Crippen LogP contribution is 2.42. The molecular formula is C27H34O6. The van der Waals surface area contributed by atoms with Crippen molar-refractivity contribution in [2.24, 2.45) is 0 Å². The Bertz CT molecular complexity index is 880. The lowest BCUT2D eigenvalue weighted by atomic mass is 9.93. The monoisotopic (exact) mass is 454 g/mol. The minimum absolute atomic E-state index is 0.340. The quantitative estimate of drug-likeness (QED) is 0.634. The first kappa shape index (κ1) is 25.3. The Labute approximate surface area is 196 Å². The summed E-state index contributed by atoms with van der Waals surface area (Å²) in [6.45, 7) is 13.4. The van der Waals surface area contributed by atoms with Crippen molar-refractivity contribution in [3.63, 3.8) is 0 Å². The molecule has 0 aromatic heterocycles. The zero-order valence-corrected chi connectivity index (χ0v) is 19.3. The maximum atomic E-state index is 10.6. The lowest BCUT2D eigenvalue weighted by Gasteiger charge is -2.50. The molecule has 2 N–H and O–H groups in total. The van der Waals surface area contributed by atoms with E-state index in [9.17, 15) is 10.2 Å². The van der Waals surface area contributed by atoms with E-state index in [1.54, 1.807) is 6.08 Å². The van der Waals surface area contributed by atoms with Crippen LogP contribution in [0.15, 0.2) is 74.3 Å². The van der Waals surface area contributed by atoms with Gasteiger partial charge in [-0.1, -0.05) is 65.7 Å². The molecule has 6 heteroatoms. The number of rotatable bonds is 6. The molecule has 0 aliphatic carbocycles. The fourth-order valence-electron chi connectivity index (χ4n) is 4.05. The van der Waals surface area contributed by atoms with Gasteiger partial charge < -0.3 is 29.2 Å². The second kappa shape index (κ2) is 11.7. The molecule has 7 atom stereocenters. The van der Waals surface area contributed by atoms with E-state index in [0.29, 0.717) is 6.42 Å². The van der Waals surface area contributed by atoms with Crippen LogP contribution in [-0.2, 0) is 18.9 Å². The number of hydrogen-bond acceptors (Lipinski definition) is 6. The minimum atomic E-state index is -1.12. The SMILES string of the molecule is C=C.C=CCC1OC(c2ccc(C)cc2)OC2C(C(O)CO)OC(c3ccc(C)cc3)OC12. The van der Waals surface area contributed by atoms with Crippen LogP contribution in [0.2, 0.25) is 0 Å². The van der Waals surface area contributed by atoms with Crippen molar-refractivity contribution in [3.8, 4) is 0 Å². The van der Waals surface area contributed by atoms with E-state index >= 15 is 0 Å². The number of aliphatic hydroxyl groups excluding tert-OH is 2. The van der Waals surface area contributed by atoms with Crippen LogP contribution in [0.3, 0.4) is 0 Å². The largest absolute Gasteiger partial charge is 0.394 e. The van der Waals surface area contributed by atoms with Gasteiger partial charge in [0.15, 0.2) is 12.6 Å². The van der Waals surface area contributed by atoms with E-state index in [2.05, 4.69) is 19.7 Å². The van der Waals surface area contributed by atoms with Gasteiger partial charge in [0.25, 0.3) is 0 Å². The van der Waals surface area contributed by atoms with Gasteiger partial charge in [0.2, 0.25) is 0 Å². The van der Waals surface area contributed by atoms with Gasteiger partial charge >= 0.3 is 0 Å². The summed E-state index contributed by atoms with van der Waals surface area (Å²) in [5, 5.41) is 20.2. The van der Waals surface area contributed by atoms with Gasteiger partial charge in [-0.3, -0.25) is 0 Å². The molecule has 2 aromatic rings. The summed E-state index contributed by atoms with van der Waals surface area (Å²) >= 11 is 0. The maximum absolute atomic E-state index is 10.6. The smallest absolute Gasteiger partial charge is 0.184 e. The van der Waals surface area contributed by atoms with Crippen LogP contribution in [0.5, 0.6) is 0 Å². The highest BCUT2D eigenvalue weighted by Gasteiger charge is 2.51. The van der Waals surface area contributed by atoms with Crippen molar-refractivity contribution in [3.05, 3.63) is 96.6 Å². The fraction of sp³-hybridized carbons (Fsp3) is 0.407. The van der Waals surface area contributed by atoms with E-state index in [4.69, 9.17) is 18.9 Å². The van der Waals surface area contributed by atoms with Crippen molar-refractivity contribution in [1.82, 2.24) is 0 Å². The zero-order valence-electron chi connectivity index (χ0n) is 19.3. The second-order valence-corrected chi connectivity index (χ2v) is 8.24. The first-order chi connectivity index (χ1) is 16.0.